The highest BCUT2D eigenvalue weighted by Crippen LogP contribution is 2.20. The lowest BCUT2D eigenvalue weighted by molar-refractivity contribution is -0.127. The molecule has 0 aliphatic carbocycles. The van der Waals surface area contributed by atoms with Gasteiger partial charge in [0.2, 0.25) is 5.91 Å². The Hall–Kier alpha value is -1.86. The van der Waals surface area contributed by atoms with Crippen LogP contribution in [-0.2, 0) is 17.9 Å². The molecule has 1 aliphatic rings. The smallest absolute Gasteiger partial charge is 0.224 e. The van der Waals surface area contributed by atoms with Crippen molar-refractivity contribution in [3.8, 4) is 0 Å². The number of hydrogen-bond donors (Lipinski definition) is 1. The maximum absolute atomic E-state index is 12.5. The average Bonchev–Trinajstić information content (AvgIpc) is 3.24. The van der Waals surface area contributed by atoms with E-state index in [2.05, 4.69) is 15.2 Å². The van der Waals surface area contributed by atoms with Gasteiger partial charge in [-0.2, -0.15) is 0 Å². The number of aromatic nitrogens is 1. The number of thiazole rings is 1. The maximum atomic E-state index is 12.5. The Morgan fingerprint density at radius 3 is 3.12 bits per heavy atom. The van der Waals surface area contributed by atoms with E-state index in [1.165, 1.54) is 0 Å². The summed E-state index contributed by atoms with van der Waals surface area (Å²) in [5.41, 5.74) is 0.917. The summed E-state index contributed by atoms with van der Waals surface area (Å²) >= 11 is 1.59. The largest absolute Gasteiger partial charge is 0.468 e. The van der Waals surface area contributed by atoms with Crippen molar-refractivity contribution in [3.63, 3.8) is 0 Å². The number of nitrogens with one attached hydrogen (secondary N) is 1. The zero-order valence-electron chi connectivity index (χ0n) is 14.2. The second kappa shape index (κ2) is 7.81. The molecule has 0 radical (unpaired) electrons. The molecule has 0 spiro atoms. The Morgan fingerprint density at radius 1 is 1.54 bits per heavy atom. The molecule has 2 aromatic rings. The summed E-state index contributed by atoms with van der Waals surface area (Å²) in [4.78, 5) is 21.2. The summed E-state index contributed by atoms with van der Waals surface area (Å²) < 4.78 is 5.41. The number of hydrogen-bond acceptors (Lipinski definition) is 6. The molecule has 0 unspecified atom stereocenters. The van der Waals surface area contributed by atoms with Crippen LogP contribution in [0.2, 0.25) is 0 Å². The van der Waals surface area contributed by atoms with Crippen LogP contribution in [0.15, 0.2) is 28.2 Å². The van der Waals surface area contributed by atoms with E-state index in [4.69, 9.17) is 4.42 Å². The molecule has 1 aliphatic heterocycles. The molecular weight excluding hydrogens is 324 g/mol. The second-order valence-electron chi connectivity index (χ2n) is 6.39. The number of anilines is 1. The first kappa shape index (κ1) is 17.0. The van der Waals surface area contributed by atoms with Gasteiger partial charge in [-0.3, -0.25) is 9.69 Å². The minimum Gasteiger partial charge on any atom is -0.468 e. The molecule has 0 saturated carbocycles. The molecule has 24 heavy (non-hydrogen) atoms. The Labute approximate surface area is 146 Å². The third kappa shape index (κ3) is 4.36. The summed E-state index contributed by atoms with van der Waals surface area (Å²) in [7, 11) is 3.94. The fourth-order valence-electron chi connectivity index (χ4n) is 2.94. The van der Waals surface area contributed by atoms with Crippen molar-refractivity contribution >= 4 is 22.4 Å². The van der Waals surface area contributed by atoms with E-state index in [1.807, 2.05) is 36.5 Å². The topological polar surface area (TPSA) is 61.6 Å². The Morgan fingerprint density at radius 2 is 2.42 bits per heavy atom. The summed E-state index contributed by atoms with van der Waals surface area (Å²) in [6.45, 7) is 3.07. The minimum absolute atomic E-state index is 0.0423. The Balaban J connectivity index is 1.48. The number of carbonyl (C=O) groups excluding carboxylic acids is 1. The van der Waals surface area contributed by atoms with Gasteiger partial charge in [0.15, 0.2) is 5.13 Å². The van der Waals surface area contributed by atoms with Gasteiger partial charge in [-0.25, -0.2) is 4.98 Å². The number of rotatable bonds is 6. The van der Waals surface area contributed by atoms with Gasteiger partial charge in [0.05, 0.1) is 31.0 Å². The Bertz CT molecular complexity index is 653. The third-order valence-electron chi connectivity index (χ3n) is 4.20. The first-order chi connectivity index (χ1) is 11.6. The molecule has 2 aromatic heterocycles. The summed E-state index contributed by atoms with van der Waals surface area (Å²) in [6.07, 6.45) is 3.68. The highest BCUT2D eigenvalue weighted by atomic mass is 32.1. The van der Waals surface area contributed by atoms with Crippen molar-refractivity contribution in [2.45, 2.75) is 25.9 Å². The van der Waals surface area contributed by atoms with Gasteiger partial charge in [0, 0.05) is 26.0 Å². The van der Waals surface area contributed by atoms with Gasteiger partial charge in [-0.15, -0.1) is 11.3 Å². The van der Waals surface area contributed by atoms with E-state index in [9.17, 15) is 4.79 Å². The molecule has 7 heteroatoms. The third-order valence-corrected chi connectivity index (χ3v) is 5.26. The predicted molar refractivity (Wildman–Crippen MR) is 95.0 cm³/mol. The number of nitrogens with zero attached hydrogens (tertiary/aromatic N) is 3. The molecule has 130 valence electrons. The molecule has 1 atom stereocenters. The monoisotopic (exact) mass is 348 g/mol. The van der Waals surface area contributed by atoms with Crippen LogP contribution in [0.4, 0.5) is 5.13 Å². The number of furan rings is 1. The van der Waals surface area contributed by atoms with Crippen LogP contribution in [0, 0.1) is 5.92 Å². The van der Waals surface area contributed by atoms with Gasteiger partial charge in [-0.1, -0.05) is 0 Å². The zero-order valence-corrected chi connectivity index (χ0v) is 15.0. The average molecular weight is 348 g/mol. The highest BCUT2D eigenvalue weighted by molar-refractivity contribution is 7.13. The van der Waals surface area contributed by atoms with Crippen LogP contribution in [0.3, 0.4) is 0 Å². The number of carbonyl (C=O) groups is 1. The van der Waals surface area contributed by atoms with Gasteiger partial charge in [0.1, 0.15) is 5.76 Å². The molecule has 1 N–H and O–H groups in total. The lowest BCUT2D eigenvalue weighted by atomic mass is 9.97. The highest BCUT2D eigenvalue weighted by Gasteiger charge is 2.26. The molecule has 1 amide bonds. The summed E-state index contributed by atoms with van der Waals surface area (Å²) in [6, 6.07) is 3.88. The van der Waals surface area contributed by atoms with Crippen molar-refractivity contribution in [1.29, 1.82) is 0 Å². The number of amides is 1. The molecule has 3 heterocycles. The standard InChI is InChI=1S/C17H24N4O2S/c1-20(2)17-19-14(12-24-17)9-18-16(22)13-5-3-7-21(10-13)11-15-6-4-8-23-15/h4,6,8,12-13H,3,5,7,9-11H2,1-2H3,(H,18,22)/t13-/m0/s1. The van der Waals surface area contributed by atoms with Crippen molar-refractivity contribution in [1.82, 2.24) is 15.2 Å². The van der Waals surface area contributed by atoms with Gasteiger partial charge in [-0.05, 0) is 31.5 Å². The van der Waals surface area contributed by atoms with Crippen molar-refractivity contribution in [2.24, 2.45) is 5.92 Å². The fraction of sp³-hybridized carbons (Fsp3) is 0.529. The summed E-state index contributed by atoms with van der Waals surface area (Å²) in [5, 5.41) is 6.00. The van der Waals surface area contributed by atoms with Crippen LogP contribution in [0.1, 0.15) is 24.3 Å². The molecule has 1 saturated heterocycles. The molecule has 0 bridgehead atoms. The second-order valence-corrected chi connectivity index (χ2v) is 7.22. The molecule has 0 aromatic carbocycles. The lowest BCUT2D eigenvalue weighted by Crippen LogP contribution is -2.42. The van der Waals surface area contributed by atoms with E-state index in [0.29, 0.717) is 6.54 Å². The van der Waals surface area contributed by atoms with Crippen molar-refractivity contribution in [2.75, 3.05) is 32.1 Å². The van der Waals surface area contributed by atoms with E-state index < -0.39 is 0 Å². The van der Waals surface area contributed by atoms with Crippen LogP contribution in [0.5, 0.6) is 0 Å². The van der Waals surface area contributed by atoms with E-state index >= 15 is 0 Å². The zero-order chi connectivity index (χ0) is 16.9. The first-order valence-corrected chi connectivity index (χ1v) is 9.14. The summed E-state index contributed by atoms with van der Waals surface area (Å²) in [5.74, 6) is 1.12. The normalized spacial score (nSPS) is 18.5. The van der Waals surface area contributed by atoms with E-state index in [1.54, 1.807) is 17.6 Å². The molecule has 1 fully saturated rings. The van der Waals surface area contributed by atoms with Crippen molar-refractivity contribution in [3.05, 3.63) is 35.2 Å². The Kier molecular flexibility index (Phi) is 5.52. The SMILES string of the molecule is CN(C)c1nc(CNC(=O)[C@H]2CCCN(Cc3ccco3)C2)cs1. The quantitative estimate of drug-likeness (QED) is 0.868. The first-order valence-electron chi connectivity index (χ1n) is 8.26. The lowest BCUT2D eigenvalue weighted by Gasteiger charge is -2.31. The maximum Gasteiger partial charge on any atom is 0.224 e. The molecule has 6 nitrogen and oxygen atoms in total. The van der Waals surface area contributed by atoms with Gasteiger partial charge < -0.3 is 14.6 Å². The van der Waals surface area contributed by atoms with Gasteiger partial charge in [0.25, 0.3) is 0 Å². The van der Waals surface area contributed by atoms with E-state index in [0.717, 1.165) is 49.1 Å². The van der Waals surface area contributed by atoms with Crippen LogP contribution < -0.4 is 10.2 Å². The number of piperidine rings is 1. The molecular formula is C17H24N4O2S. The molecule has 3 rings (SSSR count). The van der Waals surface area contributed by atoms with Gasteiger partial charge >= 0.3 is 0 Å². The van der Waals surface area contributed by atoms with Crippen molar-refractivity contribution < 1.29 is 9.21 Å². The predicted octanol–water partition coefficient (Wildman–Crippen LogP) is 2.33. The minimum atomic E-state index is 0.0423. The fourth-order valence-corrected chi connectivity index (χ4v) is 3.70. The number of likely N-dealkylation sites (tertiary alicyclic amines) is 1. The van der Waals surface area contributed by atoms with Crippen LogP contribution in [-0.4, -0.2) is 43.0 Å². The van der Waals surface area contributed by atoms with Crippen LogP contribution >= 0.6 is 11.3 Å². The van der Waals surface area contributed by atoms with Crippen LogP contribution in [0.25, 0.3) is 0 Å². The van der Waals surface area contributed by atoms with E-state index in [-0.39, 0.29) is 11.8 Å².